The normalized spacial score (nSPS) is 14.6. The first-order valence-electron chi connectivity index (χ1n) is 9.56. The van der Waals surface area contributed by atoms with Gasteiger partial charge >= 0.3 is 0 Å². The quantitative estimate of drug-likeness (QED) is 0.664. The van der Waals surface area contributed by atoms with E-state index in [9.17, 15) is 4.79 Å². The fourth-order valence-electron chi connectivity index (χ4n) is 3.81. The van der Waals surface area contributed by atoms with E-state index in [0.29, 0.717) is 6.54 Å². The molecule has 0 aliphatic heterocycles. The second-order valence-corrected chi connectivity index (χ2v) is 7.81. The molecule has 0 spiro atoms. The number of hydrogen-bond donors (Lipinski definition) is 1. The lowest BCUT2D eigenvalue weighted by atomic mass is 10.2. The number of fused-ring (bicyclic) bond motifs is 3. The fraction of sp³-hybridized carbons (Fsp3) is 0.476. The van der Waals surface area contributed by atoms with Crippen LogP contribution in [0.1, 0.15) is 29.8 Å². The van der Waals surface area contributed by atoms with Crippen molar-refractivity contribution < 1.29 is 4.79 Å². The van der Waals surface area contributed by atoms with E-state index in [2.05, 4.69) is 63.8 Å². The van der Waals surface area contributed by atoms with Gasteiger partial charge in [-0.05, 0) is 58.0 Å². The third kappa shape index (κ3) is 3.12. The molecule has 26 heavy (non-hydrogen) atoms. The third-order valence-corrected chi connectivity index (χ3v) is 5.39. The highest BCUT2D eigenvalue weighted by Crippen LogP contribution is 2.36. The Morgan fingerprint density at radius 3 is 2.73 bits per heavy atom. The molecule has 0 unspecified atom stereocenters. The van der Waals surface area contributed by atoms with Crippen LogP contribution < -0.4 is 5.32 Å². The molecule has 1 N–H and O–H groups in total. The molecule has 1 fully saturated rings. The number of carbonyl (C=O) groups excluding carboxylic acids is 1. The molecule has 138 valence electrons. The van der Waals surface area contributed by atoms with Crippen LogP contribution >= 0.6 is 0 Å². The van der Waals surface area contributed by atoms with E-state index in [1.807, 2.05) is 7.05 Å². The van der Waals surface area contributed by atoms with Crippen molar-refractivity contribution in [3.8, 4) is 0 Å². The van der Waals surface area contributed by atoms with Crippen LogP contribution in [0.3, 0.4) is 0 Å². The van der Waals surface area contributed by atoms with Gasteiger partial charge in [-0.25, -0.2) is 0 Å². The largest absolute Gasteiger partial charge is 0.351 e. The smallest absolute Gasteiger partial charge is 0.267 e. The van der Waals surface area contributed by atoms with Crippen molar-refractivity contribution in [1.82, 2.24) is 19.4 Å². The van der Waals surface area contributed by atoms with Crippen molar-refractivity contribution in [3.63, 3.8) is 0 Å². The predicted octanol–water partition coefficient (Wildman–Crippen LogP) is 3.22. The Labute approximate surface area is 154 Å². The zero-order chi connectivity index (χ0) is 18.3. The molecule has 5 nitrogen and oxygen atoms in total. The van der Waals surface area contributed by atoms with Crippen molar-refractivity contribution in [2.45, 2.75) is 25.8 Å². The zero-order valence-electron chi connectivity index (χ0n) is 16.0. The molecule has 3 aromatic rings. The molecule has 1 saturated carbocycles. The summed E-state index contributed by atoms with van der Waals surface area (Å²) in [7, 11) is 6.11. The van der Waals surface area contributed by atoms with E-state index in [4.69, 9.17) is 0 Å². The molecule has 0 atom stereocenters. The molecular formula is C21H28N4O. The maximum Gasteiger partial charge on any atom is 0.267 e. The summed E-state index contributed by atoms with van der Waals surface area (Å²) >= 11 is 0. The van der Waals surface area contributed by atoms with Crippen molar-refractivity contribution in [1.29, 1.82) is 0 Å². The summed E-state index contributed by atoms with van der Waals surface area (Å²) in [6.07, 6.45) is 3.60. The van der Waals surface area contributed by atoms with E-state index in [1.165, 1.54) is 34.8 Å². The summed E-state index contributed by atoms with van der Waals surface area (Å²) in [5.74, 6) is 0.807. The van der Waals surface area contributed by atoms with E-state index in [-0.39, 0.29) is 5.91 Å². The molecule has 1 aliphatic carbocycles. The van der Waals surface area contributed by atoms with Gasteiger partial charge in [-0.3, -0.25) is 4.79 Å². The monoisotopic (exact) mass is 352 g/mol. The third-order valence-electron chi connectivity index (χ3n) is 5.39. The van der Waals surface area contributed by atoms with Crippen molar-refractivity contribution in [2.75, 3.05) is 27.2 Å². The lowest BCUT2D eigenvalue weighted by Gasteiger charge is -2.10. The maximum atomic E-state index is 12.7. The highest BCUT2D eigenvalue weighted by Gasteiger charge is 2.25. The summed E-state index contributed by atoms with van der Waals surface area (Å²) in [5.41, 5.74) is 4.37. The van der Waals surface area contributed by atoms with Gasteiger partial charge in [0.25, 0.3) is 5.91 Å². The van der Waals surface area contributed by atoms with Gasteiger partial charge in [0.1, 0.15) is 5.69 Å². The van der Waals surface area contributed by atoms with Gasteiger partial charge in [0.05, 0.1) is 16.6 Å². The molecule has 5 heteroatoms. The van der Waals surface area contributed by atoms with Crippen LogP contribution in [0.2, 0.25) is 0 Å². The van der Waals surface area contributed by atoms with Gasteiger partial charge in [0, 0.05) is 25.5 Å². The molecule has 1 aromatic carbocycles. The Hall–Kier alpha value is -2.27. The summed E-state index contributed by atoms with van der Waals surface area (Å²) in [6.45, 7) is 2.74. The Kier molecular flexibility index (Phi) is 4.49. The van der Waals surface area contributed by atoms with Gasteiger partial charge < -0.3 is 19.4 Å². The Balaban J connectivity index is 1.66. The van der Waals surface area contributed by atoms with E-state index in [0.717, 1.165) is 31.1 Å². The van der Waals surface area contributed by atoms with E-state index in [1.54, 1.807) is 0 Å². The lowest BCUT2D eigenvalue weighted by molar-refractivity contribution is 0.0944. The number of nitrogens with one attached hydrogen (secondary N) is 1. The minimum Gasteiger partial charge on any atom is -0.351 e. The summed E-state index contributed by atoms with van der Waals surface area (Å²) in [4.78, 5) is 14.8. The number of aryl methyl sites for hydroxylation is 1. The number of benzene rings is 1. The fourth-order valence-corrected chi connectivity index (χ4v) is 3.81. The number of hydrogen-bond acceptors (Lipinski definition) is 2. The predicted molar refractivity (Wildman–Crippen MR) is 107 cm³/mol. The van der Waals surface area contributed by atoms with Crippen molar-refractivity contribution in [3.05, 3.63) is 36.0 Å². The zero-order valence-corrected chi connectivity index (χ0v) is 16.0. The van der Waals surface area contributed by atoms with Gasteiger partial charge in [-0.2, -0.15) is 0 Å². The Bertz CT molecular complexity index is 946. The number of aromatic nitrogens is 2. The molecule has 0 saturated heterocycles. The van der Waals surface area contributed by atoms with Gasteiger partial charge in [-0.1, -0.05) is 18.2 Å². The minimum atomic E-state index is 0.0181. The Morgan fingerprint density at radius 2 is 2.00 bits per heavy atom. The van der Waals surface area contributed by atoms with Gasteiger partial charge in [0.2, 0.25) is 0 Å². The standard InChI is InChI=1S/C21H28N4O/c1-23(2)12-6-11-22-21(26)19-13-18-20(24(19)3)16-7-4-5-8-17(16)25(18)14-15-9-10-15/h4-5,7-8,13,15H,6,9-12,14H2,1-3H3,(H,22,26). The highest BCUT2D eigenvalue weighted by atomic mass is 16.1. The van der Waals surface area contributed by atoms with Gasteiger partial charge in [-0.15, -0.1) is 0 Å². The Morgan fingerprint density at radius 1 is 1.23 bits per heavy atom. The first kappa shape index (κ1) is 17.2. The van der Waals surface area contributed by atoms with Crippen LogP contribution in [-0.4, -0.2) is 47.1 Å². The summed E-state index contributed by atoms with van der Waals surface area (Å²) < 4.78 is 4.47. The topological polar surface area (TPSA) is 42.2 Å². The van der Waals surface area contributed by atoms with Crippen LogP contribution in [0.4, 0.5) is 0 Å². The van der Waals surface area contributed by atoms with Crippen molar-refractivity contribution >= 4 is 27.8 Å². The number of amides is 1. The van der Waals surface area contributed by atoms with Crippen LogP contribution in [0.5, 0.6) is 0 Å². The molecular weight excluding hydrogens is 324 g/mol. The van der Waals surface area contributed by atoms with Crippen molar-refractivity contribution in [2.24, 2.45) is 13.0 Å². The minimum absolute atomic E-state index is 0.0181. The number of rotatable bonds is 7. The molecule has 2 aromatic heterocycles. The van der Waals surface area contributed by atoms with Gasteiger partial charge in [0.15, 0.2) is 0 Å². The highest BCUT2D eigenvalue weighted by molar-refractivity contribution is 6.10. The molecule has 1 aliphatic rings. The van der Waals surface area contributed by atoms with E-state index >= 15 is 0 Å². The average molecular weight is 352 g/mol. The second-order valence-electron chi connectivity index (χ2n) is 7.81. The first-order valence-corrected chi connectivity index (χ1v) is 9.56. The molecule has 4 rings (SSSR count). The van der Waals surface area contributed by atoms with Crippen LogP contribution in [0.15, 0.2) is 30.3 Å². The number of nitrogens with zero attached hydrogens (tertiary/aromatic N) is 3. The maximum absolute atomic E-state index is 12.7. The van der Waals surface area contributed by atoms with Crippen LogP contribution in [0.25, 0.3) is 21.9 Å². The average Bonchev–Trinajstić information content (AvgIpc) is 3.30. The number of para-hydroxylation sites is 1. The van der Waals surface area contributed by atoms with E-state index < -0.39 is 0 Å². The number of carbonyl (C=O) groups is 1. The van der Waals surface area contributed by atoms with Crippen LogP contribution in [-0.2, 0) is 13.6 Å². The SMILES string of the molecule is CN(C)CCCNC(=O)c1cc2c(c3ccccc3n2CC2CC2)n1C. The molecule has 0 radical (unpaired) electrons. The molecule has 2 heterocycles. The molecule has 0 bridgehead atoms. The molecule has 1 amide bonds. The van der Waals surface area contributed by atoms with Crippen LogP contribution in [0, 0.1) is 5.92 Å². The lowest BCUT2D eigenvalue weighted by Crippen LogP contribution is -2.28. The first-order chi connectivity index (χ1) is 12.6. The summed E-state index contributed by atoms with van der Waals surface area (Å²) in [6, 6.07) is 10.6. The summed E-state index contributed by atoms with van der Waals surface area (Å²) in [5, 5.41) is 4.30. The second kappa shape index (κ2) is 6.80.